The van der Waals surface area contributed by atoms with E-state index in [9.17, 15) is 0 Å². The van der Waals surface area contributed by atoms with Crippen LogP contribution < -0.4 is 5.32 Å². The molecular formula is C10H14ClN5O. The average Bonchev–Trinajstić information content (AvgIpc) is 2.72. The predicted octanol–water partition coefficient (Wildman–Crippen LogP) is 1.56. The fourth-order valence-electron chi connectivity index (χ4n) is 1.59. The van der Waals surface area contributed by atoms with Crippen molar-refractivity contribution in [2.45, 2.75) is 13.5 Å². The Morgan fingerprint density at radius 1 is 1.47 bits per heavy atom. The van der Waals surface area contributed by atoms with Crippen molar-refractivity contribution < 1.29 is 4.74 Å². The molecule has 0 atom stereocenters. The molecule has 0 aliphatic carbocycles. The third-order valence-electron chi connectivity index (χ3n) is 2.38. The van der Waals surface area contributed by atoms with Gasteiger partial charge in [-0.15, -0.1) is 0 Å². The van der Waals surface area contributed by atoms with E-state index >= 15 is 0 Å². The topological polar surface area (TPSA) is 64.9 Å². The number of hydrogen-bond donors (Lipinski definition) is 1. The van der Waals surface area contributed by atoms with E-state index in [-0.39, 0.29) is 5.28 Å². The first-order chi connectivity index (χ1) is 8.26. The van der Waals surface area contributed by atoms with Gasteiger partial charge < -0.3 is 14.6 Å². The molecule has 0 bridgehead atoms. The molecule has 2 aromatic rings. The van der Waals surface area contributed by atoms with Crippen LogP contribution in [-0.2, 0) is 11.3 Å². The van der Waals surface area contributed by atoms with Crippen LogP contribution in [0.2, 0.25) is 5.28 Å². The van der Waals surface area contributed by atoms with Gasteiger partial charge in [0.25, 0.3) is 0 Å². The zero-order valence-corrected chi connectivity index (χ0v) is 10.5. The van der Waals surface area contributed by atoms with Gasteiger partial charge in [-0.25, -0.2) is 4.98 Å². The van der Waals surface area contributed by atoms with E-state index in [0.717, 1.165) is 12.1 Å². The molecule has 0 aliphatic heterocycles. The maximum Gasteiger partial charge on any atom is 0.226 e. The van der Waals surface area contributed by atoms with Crippen molar-refractivity contribution in [3.63, 3.8) is 0 Å². The van der Waals surface area contributed by atoms with E-state index in [4.69, 9.17) is 16.3 Å². The summed E-state index contributed by atoms with van der Waals surface area (Å²) >= 11 is 5.85. The predicted molar refractivity (Wildman–Crippen MR) is 66.4 cm³/mol. The van der Waals surface area contributed by atoms with Gasteiger partial charge in [0, 0.05) is 20.2 Å². The fourth-order valence-corrected chi connectivity index (χ4v) is 1.75. The van der Waals surface area contributed by atoms with Gasteiger partial charge in [-0.1, -0.05) is 0 Å². The molecule has 0 aliphatic rings. The van der Waals surface area contributed by atoms with Crippen molar-refractivity contribution in [2.75, 3.05) is 25.6 Å². The maximum absolute atomic E-state index is 5.85. The molecule has 2 aromatic heterocycles. The largest absolute Gasteiger partial charge is 0.383 e. The van der Waals surface area contributed by atoms with E-state index in [2.05, 4.69) is 20.3 Å². The summed E-state index contributed by atoms with van der Waals surface area (Å²) in [4.78, 5) is 12.5. The lowest BCUT2D eigenvalue weighted by Crippen LogP contribution is -2.10. The summed E-state index contributed by atoms with van der Waals surface area (Å²) in [7, 11) is 1.65. The second kappa shape index (κ2) is 5.29. The summed E-state index contributed by atoms with van der Waals surface area (Å²) < 4.78 is 6.96. The third-order valence-corrected chi connectivity index (χ3v) is 2.55. The molecule has 0 spiro atoms. The molecule has 1 N–H and O–H groups in total. The number of ether oxygens (including phenoxy) is 1. The number of imidazole rings is 1. The maximum atomic E-state index is 5.85. The normalized spacial score (nSPS) is 11.0. The first-order valence-corrected chi connectivity index (χ1v) is 5.75. The molecule has 0 fully saturated rings. The van der Waals surface area contributed by atoms with Crippen LogP contribution in [0.5, 0.6) is 0 Å². The van der Waals surface area contributed by atoms with Gasteiger partial charge >= 0.3 is 0 Å². The highest BCUT2D eigenvalue weighted by Gasteiger charge is 2.11. The number of fused-ring (bicyclic) bond motifs is 1. The number of rotatable bonds is 5. The minimum Gasteiger partial charge on any atom is -0.383 e. The lowest BCUT2D eigenvalue weighted by atomic mass is 10.4. The zero-order valence-electron chi connectivity index (χ0n) is 9.77. The summed E-state index contributed by atoms with van der Waals surface area (Å²) in [6, 6.07) is 0. The van der Waals surface area contributed by atoms with Crippen LogP contribution in [0.4, 0.5) is 5.82 Å². The number of methoxy groups -OCH3 is 1. The molecule has 2 rings (SSSR count). The highest BCUT2D eigenvalue weighted by atomic mass is 35.5. The molecule has 0 saturated heterocycles. The van der Waals surface area contributed by atoms with Crippen LogP contribution in [0.15, 0.2) is 6.33 Å². The highest BCUT2D eigenvalue weighted by molar-refractivity contribution is 6.28. The molecule has 0 amide bonds. The van der Waals surface area contributed by atoms with Gasteiger partial charge in [0.15, 0.2) is 11.5 Å². The fraction of sp³-hybridized carbons (Fsp3) is 0.500. The Hall–Kier alpha value is -1.40. The van der Waals surface area contributed by atoms with Crippen LogP contribution in [0, 0.1) is 0 Å². The van der Waals surface area contributed by atoms with Crippen LogP contribution in [0.25, 0.3) is 11.2 Å². The second-order valence-electron chi connectivity index (χ2n) is 3.46. The minimum absolute atomic E-state index is 0.193. The smallest absolute Gasteiger partial charge is 0.226 e. The van der Waals surface area contributed by atoms with E-state index in [1.807, 2.05) is 11.5 Å². The summed E-state index contributed by atoms with van der Waals surface area (Å²) in [5.74, 6) is 0.691. The molecule has 17 heavy (non-hydrogen) atoms. The van der Waals surface area contributed by atoms with Crippen molar-refractivity contribution in [1.82, 2.24) is 19.5 Å². The summed E-state index contributed by atoms with van der Waals surface area (Å²) in [5.41, 5.74) is 1.47. The Labute approximate surface area is 104 Å². The molecule has 7 heteroatoms. The quantitative estimate of drug-likeness (QED) is 0.649. The molecule has 0 unspecified atom stereocenters. The van der Waals surface area contributed by atoms with Gasteiger partial charge in [-0.05, 0) is 18.5 Å². The number of nitrogens with one attached hydrogen (secondary N) is 1. The number of aryl methyl sites for hydroxylation is 1. The number of anilines is 1. The summed E-state index contributed by atoms with van der Waals surface area (Å²) in [5, 5.41) is 3.36. The summed E-state index contributed by atoms with van der Waals surface area (Å²) in [6.45, 7) is 4.10. The van der Waals surface area contributed by atoms with E-state index < -0.39 is 0 Å². The summed E-state index contributed by atoms with van der Waals surface area (Å²) in [6.07, 6.45) is 1.73. The van der Waals surface area contributed by atoms with Crippen molar-refractivity contribution in [1.29, 1.82) is 0 Å². The van der Waals surface area contributed by atoms with Crippen molar-refractivity contribution in [3.8, 4) is 0 Å². The van der Waals surface area contributed by atoms with Gasteiger partial charge in [0.2, 0.25) is 5.28 Å². The Balaban J connectivity index is 2.39. The van der Waals surface area contributed by atoms with Gasteiger partial charge in [-0.2, -0.15) is 9.97 Å². The van der Waals surface area contributed by atoms with Crippen molar-refractivity contribution in [2.24, 2.45) is 0 Å². The molecule has 2 heterocycles. The Bertz CT molecular complexity index is 513. The highest BCUT2D eigenvalue weighted by Crippen LogP contribution is 2.21. The van der Waals surface area contributed by atoms with E-state index in [1.54, 1.807) is 13.4 Å². The number of aromatic nitrogens is 4. The monoisotopic (exact) mass is 255 g/mol. The zero-order chi connectivity index (χ0) is 12.3. The van der Waals surface area contributed by atoms with Gasteiger partial charge in [0.1, 0.15) is 5.52 Å². The molecule has 0 radical (unpaired) electrons. The van der Waals surface area contributed by atoms with Crippen molar-refractivity contribution in [3.05, 3.63) is 11.6 Å². The number of hydrogen-bond acceptors (Lipinski definition) is 5. The van der Waals surface area contributed by atoms with Crippen molar-refractivity contribution >= 4 is 28.6 Å². The standard InChI is InChI=1S/C10H14ClN5O/c1-3-16-6-13-9-7(16)8(12-4-5-17-2)14-10(11)15-9/h6H,3-5H2,1-2H3,(H,12,14,15). The van der Waals surface area contributed by atoms with Crippen LogP contribution in [-0.4, -0.2) is 39.8 Å². The average molecular weight is 256 g/mol. The van der Waals surface area contributed by atoms with Crippen LogP contribution in [0.3, 0.4) is 0 Å². The van der Waals surface area contributed by atoms with Crippen LogP contribution >= 0.6 is 11.6 Å². The van der Waals surface area contributed by atoms with Gasteiger partial charge in [-0.3, -0.25) is 0 Å². The third kappa shape index (κ3) is 2.48. The van der Waals surface area contributed by atoms with Gasteiger partial charge in [0.05, 0.1) is 12.9 Å². The Morgan fingerprint density at radius 3 is 3.00 bits per heavy atom. The first-order valence-electron chi connectivity index (χ1n) is 5.37. The second-order valence-corrected chi connectivity index (χ2v) is 3.80. The lowest BCUT2D eigenvalue weighted by Gasteiger charge is -2.08. The van der Waals surface area contributed by atoms with E-state index in [1.165, 1.54) is 0 Å². The number of halogens is 1. The Morgan fingerprint density at radius 2 is 2.29 bits per heavy atom. The minimum atomic E-state index is 0.193. The first kappa shape index (κ1) is 12.1. The molecule has 6 nitrogen and oxygen atoms in total. The molecule has 92 valence electrons. The SMILES string of the molecule is CCn1cnc2nc(Cl)nc(NCCOC)c21. The molecular weight excluding hydrogens is 242 g/mol. The van der Waals surface area contributed by atoms with E-state index in [0.29, 0.717) is 24.6 Å². The molecule has 0 aromatic carbocycles. The lowest BCUT2D eigenvalue weighted by molar-refractivity contribution is 0.210. The number of nitrogens with zero attached hydrogens (tertiary/aromatic N) is 4. The van der Waals surface area contributed by atoms with Crippen LogP contribution in [0.1, 0.15) is 6.92 Å². The Kier molecular flexibility index (Phi) is 3.75. The molecule has 0 saturated carbocycles.